The number of nitro groups is 2. The van der Waals surface area contributed by atoms with Crippen LogP contribution in [-0.4, -0.2) is 66.0 Å². The van der Waals surface area contributed by atoms with Gasteiger partial charge in [0, 0.05) is 52.2 Å². The van der Waals surface area contributed by atoms with Gasteiger partial charge in [0.25, 0.3) is 11.4 Å². The van der Waals surface area contributed by atoms with Crippen LogP contribution in [0.4, 0.5) is 17.1 Å². The molecule has 7 rings (SSSR count). The van der Waals surface area contributed by atoms with Crippen molar-refractivity contribution in [2.45, 2.75) is 41.5 Å². The third kappa shape index (κ3) is 14.3. The number of aromatic carboxylic acids is 1. The van der Waals surface area contributed by atoms with Gasteiger partial charge in [0.05, 0.1) is 40.1 Å². The number of thiocarbonyl (C=S) groups is 1. The highest BCUT2D eigenvalue weighted by Gasteiger charge is 2.19. The largest absolute Gasteiger partial charge is 0.477 e. The van der Waals surface area contributed by atoms with Gasteiger partial charge in [-0.3, -0.25) is 20.2 Å². The van der Waals surface area contributed by atoms with Gasteiger partial charge in [0.2, 0.25) is 0 Å². The number of nitrogens with zero attached hydrogens (tertiary/aromatic N) is 5. The number of carbonyl (C=O) groups excluding carboxylic acids is 2. The van der Waals surface area contributed by atoms with Crippen molar-refractivity contribution in [3.05, 3.63) is 160 Å². The second kappa shape index (κ2) is 24.1. The van der Waals surface area contributed by atoms with Crippen LogP contribution in [0.3, 0.4) is 0 Å². The van der Waals surface area contributed by atoms with Crippen LogP contribution < -0.4 is 11.5 Å². The van der Waals surface area contributed by atoms with Crippen molar-refractivity contribution in [3.63, 3.8) is 0 Å². The van der Waals surface area contributed by atoms with E-state index in [2.05, 4.69) is 27.2 Å². The Morgan fingerprint density at radius 3 is 1.27 bits per heavy atom. The van der Waals surface area contributed by atoms with Crippen molar-refractivity contribution < 1.29 is 38.8 Å². The number of benzene rings is 4. The Morgan fingerprint density at radius 2 is 0.939 bits per heavy atom. The standard InChI is InChI=1S/C13H12N2O4S.C13H14N2O2S.C12H11NO2S.C7H6N2O2S/c1-3-19-13(16)11-8(2)14-12(20-11)9-4-6-10(7-5-9)15(17)18;1-3-17-13(16)11-8(2)15-12(18-11)9-4-6-10(14)7-5-9;1-7-3-5-9(6-4-7)11-13-8(2)10(16-11)12(14)15;8-7(12)5-1-3-6(4-2-5)9(10)11/h4-7H,3H2,1-2H3;4-7H,3,14H2,1-2H3;3-6H,1-2H3,(H,14,15);1-4H,(H2,8,12). The van der Waals surface area contributed by atoms with Crippen LogP contribution in [0.5, 0.6) is 0 Å². The fraction of sp³-hybridized carbons (Fsp3) is 0.178. The highest BCUT2D eigenvalue weighted by molar-refractivity contribution is 7.80. The van der Waals surface area contributed by atoms with Crippen LogP contribution in [0.1, 0.15) is 71.1 Å². The Kier molecular flexibility index (Phi) is 18.7. The molecule has 66 heavy (non-hydrogen) atoms. The van der Waals surface area contributed by atoms with Crippen molar-refractivity contribution in [1.82, 2.24) is 15.0 Å². The molecule has 4 aromatic carbocycles. The molecule has 21 heteroatoms. The van der Waals surface area contributed by atoms with E-state index in [4.69, 9.17) is 26.0 Å². The monoisotopic (exact) mass is 969 g/mol. The lowest BCUT2D eigenvalue weighted by Crippen LogP contribution is -2.08. The lowest BCUT2D eigenvalue weighted by atomic mass is 10.2. The summed E-state index contributed by atoms with van der Waals surface area (Å²) in [7, 11) is 0. The summed E-state index contributed by atoms with van der Waals surface area (Å²) in [5, 5.41) is 32.0. The molecule has 0 atom stereocenters. The summed E-state index contributed by atoms with van der Waals surface area (Å²) in [5.74, 6) is -1.61. The van der Waals surface area contributed by atoms with Crippen LogP contribution >= 0.6 is 46.2 Å². The third-order valence-corrected chi connectivity index (χ3v) is 12.5. The summed E-state index contributed by atoms with van der Waals surface area (Å²) in [4.78, 5) is 68.7. The van der Waals surface area contributed by atoms with Gasteiger partial charge in [-0.1, -0.05) is 42.0 Å². The summed E-state index contributed by atoms with van der Waals surface area (Å²) >= 11 is 8.45. The highest BCUT2D eigenvalue weighted by Crippen LogP contribution is 2.31. The lowest BCUT2D eigenvalue weighted by Gasteiger charge is -1.98. The van der Waals surface area contributed by atoms with E-state index < -0.39 is 21.8 Å². The molecule has 0 aliphatic rings. The summed E-state index contributed by atoms with van der Waals surface area (Å²) in [6.45, 7) is 11.5. The van der Waals surface area contributed by atoms with E-state index in [1.165, 1.54) is 76.0 Å². The van der Waals surface area contributed by atoms with Gasteiger partial charge >= 0.3 is 17.9 Å². The first-order valence-electron chi connectivity index (χ1n) is 19.5. The zero-order valence-electron chi connectivity index (χ0n) is 36.3. The van der Waals surface area contributed by atoms with Crippen molar-refractivity contribution in [1.29, 1.82) is 0 Å². The molecule has 0 radical (unpaired) electrons. The molecule has 0 bridgehead atoms. The van der Waals surface area contributed by atoms with Crippen LogP contribution in [0.15, 0.2) is 97.1 Å². The summed E-state index contributed by atoms with van der Waals surface area (Å²) in [6, 6.07) is 27.2. The second-order valence-electron chi connectivity index (χ2n) is 13.5. The van der Waals surface area contributed by atoms with Crippen LogP contribution in [0, 0.1) is 47.9 Å². The number of aromatic nitrogens is 3. The highest BCUT2D eigenvalue weighted by atomic mass is 32.1. The summed E-state index contributed by atoms with van der Waals surface area (Å²) < 4.78 is 9.94. The smallest absolute Gasteiger partial charge is 0.350 e. The molecular weight excluding hydrogens is 927 g/mol. The summed E-state index contributed by atoms with van der Waals surface area (Å²) in [5.41, 5.74) is 18.0. The molecule has 17 nitrogen and oxygen atoms in total. The van der Waals surface area contributed by atoms with Gasteiger partial charge < -0.3 is 26.0 Å². The Labute approximate surface area is 396 Å². The lowest BCUT2D eigenvalue weighted by molar-refractivity contribution is -0.385. The average Bonchev–Trinajstić information content (AvgIpc) is 4.01. The maximum absolute atomic E-state index is 11.7. The number of ether oxygens (including phenoxy) is 2. The Balaban J connectivity index is 0.000000195. The molecule has 0 spiro atoms. The van der Waals surface area contributed by atoms with E-state index in [1.54, 1.807) is 39.8 Å². The third-order valence-electron chi connectivity index (χ3n) is 8.65. The minimum absolute atomic E-state index is 0.0210. The van der Waals surface area contributed by atoms with Crippen LogP contribution in [0.2, 0.25) is 0 Å². The number of aryl methyl sites for hydroxylation is 4. The van der Waals surface area contributed by atoms with E-state index in [0.29, 0.717) is 61.2 Å². The number of hydrogen-bond donors (Lipinski definition) is 3. The normalized spacial score (nSPS) is 10.2. The molecule has 3 aromatic heterocycles. The molecule has 0 unspecified atom stereocenters. The second-order valence-corrected chi connectivity index (χ2v) is 16.9. The van der Waals surface area contributed by atoms with E-state index in [9.17, 15) is 34.6 Å². The molecule has 0 saturated carbocycles. The van der Waals surface area contributed by atoms with E-state index >= 15 is 0 Å². The van der Waals surface area contributed by atoms with E-state index in [0.717, 1.165) is 26.7 Å². The molecule has 0 fully saturated rings. The molecule has 0 aliphatic heterocycles. The number of nitrogen functional groups attached to an aromatic ring is 1. The number of hydrogen-bond acceptors (Lipinski definition) is 17. The van der Waals surface area contributed by atoms with Crippen LogP contribution in [-0.2, 0) is 9.47 Å². The molecule has 3 heterocycles. The van der Waals surface area contributed by atoms with Gasteiger partial charge in [0.15, 0.2) is 0 Å². The molecule has 7 aromatic rings. The Hall–Kier alpha value is -7.33. The molecule has 0 aliphatic carbocycles. The molecular formula is C45H43N7O10S4. The first-order chi connectivity index (χ1) is 31.3. The first kappa shape index (κ1) is 51.3. The number of anilines is 1. The number of carbonyl (C=O) groups is 3. The Morgan fingerprint density at radius 1 is 0.606 bits per heavy atom. The quantitative estimate of drug-likeness (QED) is 0.0357. The van der Waals surface area contributed by atoms with Crippen molar-refractivity contribution in [2.24, 2.45) is 5.73 Å². The predicted octanol–water partition coefficient (Wildman–Crippen LogP) is 10.4. The van der Waals surface area contributed by atoms with Crippen molar-refractivity contribution in [3.8, 4) is 31.7 Å². The summed E-state index contributed by atoms with van der Waals surface area (Å²) in [6.07, 6.45) is 0. The first-order valence-corrected chi connectivity index (χ1v) is 22.4. The van der Waals surface area contributed by atoms with Gasteiger partial charge in [-0.05, 0) is 90.1 Å². The number of esters is 2. The number of non-ortho nitro benzene ring substituents is 2. The fourth-order valence-corrected chi connectivity index (χ4v) is 8.30. The SMILES string of the molecule is CCOC(=O)c1sc(-c2ccc(N)cc2)nc1C.CCOC(=O)c1sc(-c2ccc([N+](=O)[O-])cc2)nc1C.Cc1ccc(-c2nc(C)c(C(=O)O)s2)cc1.NC(=S)c1ccc([N+](=O)[O-])cc1. The van der Waals surface area contributed by atoms with E-state index in [-0.39, 0.29) is 22.3 Å². The van der Waals surface area contributed by atoms with Gasteiger partial charge in [-0.2, -0.15) is 0 Å². The van der Waals surface area contributed by atoms with Crippen molar-refractivity contribution >= 4 is 86.2 Å². The number of carboxylic acid groups (broad SMARTS) is 1. The molecule has 0 saturated heterocycles. The number of carboxylic acids is 1. The van der Waals surface area contributed by atoms with Gasteiger partial charge in [0.1, 0.15) is 34.6 Å². The average molecular weight is 970 g/mol. The topological polar surface area (TPSA) is 267 Å². The van der Waals surface area contributed by atoms with Gasteiger partial charge in [-0.25, -0.2) is 29.3 Å². The number of thiazole rings is 3. The Bertz CT molecular complexity index is 2790. The van der Waals surface area contributed by atoms with Crippen LogP contribution in [0.25, 0.3) is 31.7 Å². The maximum atomic E-state index is 11.7. The minimum Gasteiger partial charge on any atom is -0.477 e. The zero-order valence-corrected chi connectivity index (χ0v) is 39.6. The maximum Gasteiger partial charge on any atom is 0.350 e. The van der Waals surface area contributed by atoms with Crippen molar-refractivity contribution in [2.75, 3.05) is 18.9 Å². The number of nitrogens with two attached hydrogens (primary N) is 2. The van der Waals surface area contributed by atoms with Gasteiger partial charge in [-0.15, -0.1) is 34.0 Å². The molecule has 0 amide bonds. The number of nitro benzene ring substituents is 2. The number of rotatable bonds is 11. The van der Waals surface area contributed by atoms with E-state index in [1.807, 2.05) is 62.4 Å². The fourth-order valence-electron chi connectivity index (χ4n) is 5.33. The zero-order chi connectivity index (χ0) is 48.7. The minimum atomic E-state index is -0.909. The molecule has 342 valence electrons. The predicted molar refractivity (Wildman–Crippen MR) is 261 cm³/mol. The molecule has 5 N–H and O–H groups in total.